The monoisotopic (exact) mass is 436 g/mol. The third-order valence-corrected chi connectivity index (χ3v) is 6.26. The Morgan fingerprint density at radius 3 is 1.53 bits per heavy atom. The molecule has 6 rings (SSSR count). The van der Waals surface area contributed by atoms with Crippen molar-refractivity contribution in [3.8, 4) is 11.1 Å². The number of fused-ring (bicyclic) bond motifs is 2. The fraction of sp³-hybridized carbons (Fsp3) is 0. The summed E-state index contributed by atoms with van der Waals surface area (Å²) >= 11 is 0. The fourth-order valence-corrected chi connectivity index (χ4v) is 4.60. The Hall–Kier alpha value is -4.56. The highest BCUT2D eigenvalue weighted by atomic mass is 15.0. The highest BCUT2D eigenvalue weighted by Crippen LogP contribution is 2.40. The van der Waals surface area contributed by atoms with E-state index in [4.69, 9.17) is 0 Å². The van der Waals surface area contributed by atoms with Crippen LogP contribution in [0.3, 0.4) is 0 Å². The number of hydrogen-bond donors (Lipinski definition) is 2. The van der Waals surface area contributed by atoms with E-state index in [1.807, 2.05) is 0 Å². The summed E-state index contributed by atoms with van der Waals surface area (Å²) in [5, 5.41) is 12.4. The summed E-state index contributed by atoms with van der Waals surface area (Å²) in [6.45, 7) is 0. The van der Waals surface area contributed by atoms with Gasteiger partial charge in [0.05, 0.1) is 11.4 Å². The molecule has 2 heteroatoms. The van der Waals surface area contributed by atoms with Gasteiger partial charge < -0.3 is 10.6 Å². The molecule has 2 nitrogen and oxygen atoms in total. The van der Waals surface area contributed by atoms with Gasteiger partial charge in [-0.25, -0.2) is 0 Å². The van der Waals surface area contributed by atoms with Crippen molar-refractivity contribution in [2.75, 3.05) is 10.6 Å². The smallest absolute Gasteiger partial charge is 0.0703 e. The largest absolute Gasteiger partial charge is 0.353 e. The van der Waals surface area contributed by atoms with E-state index in [1.165, 1.54) is 27.1 Å². The highest BCUT2D eigenvalue weighted by Gasteiger charge is 2.13. The molecule has 0 aliphatic heterocycles. The molecule has 0 saturated carbocycles. The number of para-hydroxylation sites is 1. The van der Waals surface area contributed by atoms with Crippen molar-refractivity contribution >= 4 is 44.3 Å². The van der Waals surface area contributed by atoms with Gasteiger partial charge in [-0.3, -0.25) is 0 Å². The lowest BCUT2D eigenvalue weighted by molar-refractivity contribution is 1.51. The Morgan fingerprint density at radius 2 is 0.853 bits per heavy atom. The maximum absolute atomic E-state index is 3.79. The van der Waals surface area contributed by atoms with E-state index >= 15 is 0 Å². The zero-order valence-corrected chi connectivity index (χ0v) is 18.7. The van der Waals surface area contributed by atoms with Crippen LogP contribution in [0.4, 0.5) is 22.7 Å². The third-order valence-electron chi connectivity index (χ3n) is 6.26. The Kier molecular flexibility index (Phi) is 5.17. The number of benzene rings is 6. The predicted molar refractivity (Wildman–Crippen MR) is 146 cm³/mol. The Morgan fingerprint density at radius 1 is 0.353 bits per heavy atom. The normalized spacial score (nSPS) is 10.9. The lowest BCUT2D eigenvalue weighted by Crippen LogP contribution is -2.01. The van der Waals surface area contributed by atoms with Crippen LogP contribution in [0.25, 0.3) is 32.7 Å². The Balaban J connectivity index is 1.52. The first-order valence-corrected chi connectivity index (χ1v) is 11.5. The molecule has 0 saturated heterocycles. The van der Waals surface area contributed by atoms with Crippen molar-refractivity contribution in [1.82, 2.24) is 0 Å². The molecular weight excluding hydrogens is 412 g/mol. The molecule has 0 heterocycles. The van der Waals surface area contributed by atoms with E-state index in [-0.39, 0.29) is 0 Å². The van der Waals surface area contributed by atoms with Gasteiger partial charge in [-0.05, 0) is 34.5 Å². The second-order valence-corrected chi connectivity index (χ2v) is 8.40. The highest BCUT2D eigenvalue weighted by molar-refractivity contribution is 6.01. The number of nitrogens with one attached hydrogen (secondary N) is 2. The van der Waals surface area contributed by atoms with E-state index in [0.717, 1.165) is 28.3 Å². The molecule has 0 aliphatic rings. The molecule has 0 atom stereocenters. The summed E-state index contributed by atoms with van der Waals surface area (Å²) in [4.78, 5) is 0. The van der Waals surface area contributed by atoms with Gasteiger partial charge in [0.15, 0.2) is 0 Å². The van der Waals surface area contributed by atoms with E-state index in [9.17, 15) is 0 Å². The number of hydrogen-bond acceptors (Lipinski definition) is 2. The van der Waals surface area contributed by atoms with Crippen LogP contribution in [0.1, 0.15) is 0 Å². The second kappa shape index (κ2) is 8.76. The third kappa shape index (κ3) is 3.76. The number of anilines is 4. The summed E-state index contributed by atoms with van der Waals surface area (Å²) in [6, 6.07) is 46.7. The van der Waals surface area contributed by atoms with Crippen LogP contribution >= 0.6 is 0 Å². The Bertz CT molecular complexity index is 1590. The van der Waals surface area contributed by atoms with Gasteiger partial charge in [0.2, 0.25) is 0 Å². The minimum atomic E-state index is 1.03. The summed E-state index contributed by atoms with van der Waals surface area (Å²) < 4.78 is 0. The maximum atomic E-state index is 3.79. The van der Waals surface area contributed by atoms with Gasteiger partial charge in [-0.1, -0.05) is 115 Å². The van der Waals surface area contributed by atoms with Gasteiger partial charge in [-0.2, -0.15) is 0 Å². The fourth-order valence-electron chi connectivity index (χ4n) is 4.60. The SMILES string of the molecule is c1ccc(-c2cccc(Nc3cccc4ccccc34)c2Nc2cccc3ccccc23)cc1. The zero-order valence-electron chi connectivity index (χ0n) is 18.7. The first kappa shape index (κ1) is 20.1. The van der Waals surface area contributed by atoms with Gasteiger partial charge in [0.1, 0.15) is 0 Å². The molecule has 0 amide bonds. The predicted octanol–water partition coefficient (Wildman–Crippen LogP) is 9.15. The summed E-state index contributed by atoms with van der Waals surface area (Å²) in [5.41, 5.74) is 6.58. The summed E-state index contributed by atoms with van der Waals surface area (Å²) in [6.07, 6.45) is 0. The lowest BCUT2D eigenvalue weighted by atomic mass is 10.0. The quantitative estimate of drug-likeness (QED) is 0.281. The van der Waals surface area contributed by atoms with Gasteiger partial charge in [-0.15, -0.1) is 0 Å². The molecule has 34 heavy (non-hydrogen) atoms. The molecular formula is C32H24N2. The molecule has 6 aromatic carbocycles. The van der Waals surface area contributed by atoms with Crippen LogP contribution < -0.4 is 10.6 Å². The van der Waals surface area contributed by atoms with Gasteiger partial charge in [0.25, 0.3) is 0 Å². The molecule has 0 spiro atoms. The summed E-state index contributed by atoms with van der Waals surface area (Å²) in [7, 11) is 0. The maximum Gasteiger partial charge on any atom is 0.0703 e. The van der Waals surface area contributed by atoms with Crippen LogP contribution in [0, 0.1) is 0 Å². The molecule has 0 aliphatic carbocycles. The molecule has 0 radical (unpaired) electrons. The van der Waals surface area contributed by atoms with Crippen molar-refractivity contribution in [1.29, 1.82) is 0 Å². The van der Waals surface area contributed by atoms with Crippen LogP contribution in [-0.2, 0) is 0 Å². The average Bonchev–Trinajstić information content (AvgIpc) is 2.90. The average molecular weight is 437 g/mol. The first-order valence-electron chi connectivity index (χ1n) is 11.5. The van der Waals surface area contributed by atoms with Crippen LogP contribution in [0.2, 0.25) is 0 Å². The van der Waals surface area contributed by atoms with Crippen molar-refractivity contribution in [2.24, 2.45) is 0 Å². The van der Waals surface area contributed by atoms with Crippen molar-refractivity contribution in [3.05, 3.63) is 133 Å². The molecule has 162 valence electrons. The van der Waals surface area contributed by atoms with Crippen molar-refractivity contribution in [3.63, 3.8) is 0 Å². The molecule has 0 aromatic heterocycles. The van der Waals surface area contributed by atoms with E-state index < -0.39 is 0 Å². The topological polar surface area (TPSA) is 24.1 Å². The number of rotatable bonds is 5. The van der Waals surface area contributed by atoms with Crippen molar-refractivity contribution in [2.45, 2.75) is 0 Å². The van der Waals surface area contributed by atoms with Gasteiger partial charge >= 0.3 is 0 Å². The minimum absolute atomic E-state index is 1.03. The minimum Gasteiger partial charge on any atom is -0.353 e. The zero-order chi connectivity index (χ0) is 22.7. The van der Waals surface area contributed by atoms with Crippen LogP contribution in [0.5, 0.6) is 0 Å². The van der Waals surface area contributed by atoms with E-state index in [0.29, 0.717) is 0 Å². The summed E-state index contributed by atoms with van der Waals surface area (Å²) in [5.74, 6) is 0. The van der Waals surface area contributed by atoms with Crippen molar-refractivity contribution < 1.29 is 0 Å². The molecule has 6 aromatic rings. The standard InChI is InChI=1S/C32H24N2/c1-2-11-25(12-3-1)28-19-10-22-31(33-29-20-8-15-23-13-4-6-17-26(23)29)32(28)34-30-21-9-16-24-14-5-7-18-27(24)30/h1-22,33-34H. The molecule has 0 fully saturated rings. The van der Waals surface area contributed by atoms with Gasteiger partial charge in [0, 0.05) is 27.7 Å². The molecule has 2 N–H and O–H groups in total. The van der Waals surface area contributed by atoms with Crippen LogP contribution in [-0.4, -0.2) is 0 Å². The Labute approximate surface area is 199 Å². The molecule has 0 bridgehead atoms. The van der Waals surface area contributed by atoms with Crippen LogP contribution in [0.15, 0.2) is 133 Å². The molecule has 0 unspecified atom stereocenters. The lowest BCUT2D eigenvalue weighted by Gasteiger charge is -2.20. The van der Waals surface area contributed by atoms with E-state index in [1.54, 1.807) is 0 Å². The van der Waals surface area contributed by atoms with E-state index in [2.05, 4.69) is 144 Å². The first-order chi connectivity index (χ1) is 16.9. The second-order valence-electron chi connectivity index (χ2n) is 8.40.